The summed E-state index contributed by atoms with van der Waals surface area (Å²) in [7, 11) is 1.79. The number of aliphatic imine (C=N–C) groups is 1. The fraction of sp³-hybridized carbons (Fsp3) is 0.278. The van der Waals surface area contributed by atoms with Crippen LogP contribution in [0.1, 0.15) is 23.6 Å². The summed E-state index contributed by atoms with van der Waals surface area (Å²) in [4.78, 5) is 5.58. The molecule has 6 heteroatoms. The van der Waals surface area contributed by atoms with Crippen LogP contribution in [0.15, 0.2) is 57.3 Å². The Morgan fingerprint density at radius 1 is 1.25 bits per heavy atom. The zero-order chi connectivity index (χ0) is 16.1. The summed E-state index contributed by atoms with van der Waals surface area (Å²) in [6.07, 6.45) is 0.822. The number of hydrogen-bond acceptors (Lipinski definition) is 3. The zero-order valence-electron chi connectivity index (χ0n) is 13.8. The van der Waals surface area contributed by atoms with Crippen LogP contribution in [0.25, 0.3) is 11.0 Å². The Bertz CT molecular complexity index is 750. The van der Waals surface area contributed by atoms with E-state index in [2.05, 4.69) is 52.2 Å². The van der Waals surface area contributed by atoms with Gasteiger partial charge in [0.1, 0.15) is 11.3 Å². The van der Waals surface area contributed by atoms with Crippen molar-refractivity contribution in [2.24, 2.45) is 4.99 Å². The van der Waals surface area contributed by atoms with Crippen LogP contribution in [0.5, 0.6) is 0 Å². The molecule has 2 N–H and O–H groups in total. The average molecular weight is 455 g/mol. The highest BCUT2D eigenvalue weighted by Gasteiger charge is 2.09. The van der Waals surface area contributed by atoms with Crippen LogP contribution >= 0.6 is 35.3 Å². The minimum Gasteiger partial charge on any atom is -0.461 e. The molecular formula is C18H22IN3OS. The molecule has 0 spiro atoms. The molecule has 0 radical (unpaired) electrons. The van der Waals surface area contributed by atoms with E-state index < -0.39 is 0 Å². The topological polar surface area (TPSA) is 49.6 Å². The molecule has 0 aliphatic heterocycles. The van der Waals surface area contributed by atoms with Crippen LogP contribution in [-0.4, -0.2) is 19.6 Å². The van der Waals surface area contributed by atoms with Crippen molar-refractivity contribution in [3.05, 3.63) is 58.5 Å². The lowest BCUT2D eigenvalue weighted by atomic mass is 10.2. The SMILES string of the molecule is CN=C(NCCc1cc2ccccc2o1)NC(C)c1cccs1.I. The third-order valence-corrected chi connectivity index (χ3v) is 4.74. The number of fused-ring (bicyclic) bond motifs is 1. The molecule has 1 aromatic carbocycles. The van der Waals surface area contributed by atoms with Gasteiger partial charge in [0, 0.05) is 30.3 Å². The summed E-state index contributed by atoms with van der Waals surface area (Å²) in [5.74, 6) is 1.79. The number of para-hydroxylation sites is 1. The minimum atomic E-state index is 0. The van der Waals surface area contributed by atoms with E-state index in [9.17, 15) is 0 Å². The molecule has 0 amide bonds. The van der Waals surface area contributed by atoms with Crippen molar-refractivity contribution in [1.82, 2.24) is 10.6 Å². The van der Waals surface area contributed by atoms with Gasteiger partial charge in [-0.05, 0) is 30.5 Å². The second-order valence-corrected chi connectivity index (χ2v) is 6.36. The second kappa shape index (κ2) is 9.08. The Morgan fingerprint density at radius 2 is 2.08 bits per heavy atom. The molecule has 0 saturated heterocycles. The normalized spacial score (nSPS) is 12.7. The number of benzene rings is 1. The fourth-order valence-electron chi connectivity index (χ4n) is 2.47. The maximum absolute atomic E-state index is 5.82. The Kier molecular flexibility index (Phi) is 7.11. The second-order valence-electron chi connectivity index (χ2n) is 5.38. The van der Waals surface area contributed by atoms with Crippen LogP contribution in [0.2, 0.25) is 0 Å². The summed E-state index contributed by atoms with van der Waals surface area (Å²) in [6.45, 7) is 2.91. The van der Waals surface area contributed by atoms with Crippen molar-refractivity contribution >= 4 is 52.2 Å². The Balaban J connectivity index is 0.00000208. The van der Waals surface area contributed by atoms with E-state index in [-0.39, 0.29) is 30.0 Å². The van der Waals surface area contributed by atoms with Crippen molar-refractivity contribution in [3.8, 4) is 0 Å². The van der Waals surface area contributed by atoms with Crippen molar-refractivity contribution < 1.29 is 4.42 Å². The molecule has 0 fully saturated rings. The standard InChI is InChI=1S/C18H21N3OS.HI/c1-13(17-8-5-11-23-17)21-18(19-2)20-10-9-15-12-14-6-3-4-7-16(14)22-15;/h3-8,11-13H,9-10H2,1-2H3,(H2,19,20,21);1H. The van der Waals surface area contributed by atoms with Gasteiger partial charge in [-0.2, -0.15) is 0 Å². The first-order valence-electron chi connectivity index (χ1n) is 7.74. The van der Waals surface area contributed by atoms with E-state index >= 15 is 0 Å². The first-order valence-corrected chi connectivity index (χ1v) is 8.62. The van der Waals surface area contributed by atoms with E-state index in [1.54, 1.807) is 18.4 Å². The maximum Gasteiger partial charge on any atom is 0.191 e. The third kappa shape index (κ3) is 4.73. The van der Waals surface area contributed by atoms with E-state index in [0.717, 1.165) is 35.7 Å². The number of nitrogens with zero attached hydrogens (tertiary/aromatic N) is 1. The lowest BCUT2D eigenvalue weighted by Crippen LogP contribution is -2.39. The summed E-state index contributed by atoms with van der Waals surface area (Å²) in [5, 5.41) is 9.98. The van der Waals surface area contributed by atoms with Crippen molar-refractivity contribution in [2.75, 3.05) is 13.6 Å². The summed E-state index contributed by atoms with van der Waals surface area (Å²) in [6, 6.07) is 14.6. The molecule has 0 aliphatic carbocycles. The zero-order valence-corrected chi connectivity index (χ0v) is 16.9. The van der Waals surface area contributed by atoms with Gasteiger partial charge < -0.3 is 15.1 Å². The van der Waals surface area contributed by atoms with Gasteiger partial charge in [-0.25, -0.2) is 0 Å². The largest absolute Gasteiger partial charge is 0.461 e. The molecule has 1 unspecified atom stereocenters. The van der Waals surface area contributed by atoms with E-state index in [0.29, 0.717) is 0 Å². The molecule has 3 aromatic rings. The van der Waals surface area contributed by atoms with Gasteiger partial charge in [-0.1, -0.05) is 24.3 Å². The quantitative estimate of drug-likeness (QED) is 0.337. The smallest absolute Gasteiger partial charge is 0.191 e. The summed E-state index contributed by atoms with van der Waals surface area (Å²) in [5.41, 5.74) is 0.941. The van der Waals surface area contributed by atoms with Crippen molar-refractivity contribution in [2.45, 2.75) is 19.4 Å². The lowest BCUT2D eigenvalue weighted by molar-refractivity contribution is 0.544. The fourth-order valence-corrected chi connectivity index (χ4v) is 3.21. The molecule has 3 rings (SSSR count). The predicted molar refractivity (Wildman–Crippen MR) is 113 cm³/mol. The number of thiophene rings is 1. The van der Waals surface area contributed by atoms with Crippen LogP contribution in [0.3, 0.4) is 0 Å². The first-order chi connectivity index (χ1) is 11.3. The van der Waals surface area contributed by atoms with E-state index in [4.69, 9.17) is 4.42 Å². The number of nitrogens with one attached hydrogen (secondary N) is 2. The predicted octanol–water partition coefficient (Wildman–Crippen LogP) is 4.58. The van der Waals surface area contributed by atoms with Gasteiger partial charge in [0.2, 0.25) is 0 Å². The van der Waals surface area contributed by atoms with Gasteiger partial charge in [0.05, 0.1) is 6.04 Å². The van der Waals surface area contributed by atoms with Gasteiger partial charge in [0.15, 0.2) is 5.96 Å². The molecule has 0 saturated carbocycles. The van der Waals surface area contributed by atoms with Crippen molar-refractivity contribution in [3.63, 3.8) is 0 Å². The lowest BCUT2D eigenvalue weighted by Gasteiger charge is -2.16. The van der Waals surface area contributed by atoms with Gasteiger partial charge >= 0.3 is 0 Å². The molecule has 0 aliphatic rings. The molecule has 2 aromatic heterocycles. The monoisotopic (exact) mass is 455 g/mol. The molecule has 2 heterocycles. The Morgan fingerprint density at radius 3 is 2.79 bits per heavy atom. The van der Waals surface area contributed by atoms with Gasteiger partial charge in [-0.15, -0.1) is 35.3 Å². The Labute approximate surface area is 163 Å². The molecule has 0 bridgehead atoms. The maximum atomic E-state index is 5.82. The Hall–Kier alpha value is -1.54. The van der Waals surface area contributed by atoms with Crippen LogP contribution < -0.4 is 10.6 Å². The van der Waals surface area contributed by atoms with E-state index in [1.165, 1.54) is 4.88 Å². The first kappa shape index (κ1) is 18.8. The molecule has 24 heavy (non-hydrogen) atoms. The molecule has 128 valence electrons. The van der Waals surface area contributed by atoms with Crippen LogP contribution in [0, 0.1) is 0 Å². The number of hydrogen-bond donors (Lipinski definition) is 2. The molecular weight excluding hydrogens is 433 g/mol. The average Bonchev–Trinajstić information content (AvgIpc) is 3.22. The highest BCUT2D eigenvalue weighted by Crippen LogP contribution is 2.19. The number of guanidine groups is 1. The highest BCUT2D eigenvalue weighted by molar-refractivity contribution is 14.0. The van der Waals surface area contributed by atoms with Crippen LogP contribution in [0.4, 0.5) is 0 Å². The van der Waals surface area contributed by atoms with Gasteiger partial charge in [-0.3, -0.25) is 4.99 Å². The number of rotatable bonds is 5. The van der Waals surface area contributed by atoms with Gasteiger partial charge in [0.25, 0.3) is 0 Å². The summed E-state index contributed by atoms with van der Waals surface area (Å²) < 4.78 is 5.82. The molecule has 1 atom stereocenters. The van der Waals surface area contributed by atoms with Crippen molar-refractivity contribution in [1.29, 1.82) is 0 Å². The number of halogens is 1. The highest BCUT2D eigenvalue weighted by atomic mass is 127. The number of furan rings is 1. The summed E-state index contributed by atoms with van der Waals surface area (Å²) >= 11 is 1.75. The van der Waals surface area contributed by atoms with E-state index in [1.807, 2.05) is 18.2 Å². The minimum absolute atomic E-state index is 0. The molecule has 4 nitrogen and oxygen atoms in total. The van der Waals surface area contributed by atoms with Crippen LogP contribution in [-0.2, 0) is 6.42 Å². The third-order valence-electron chi connectivity index (χ3n) is 3.69.